The topological polar surface area (TPSA) is 66.5 Å². The van der Waals surface area contributed by atoms with E-state index in [1.165, 1.54) is 16.4 Å². The Morgan fingerprint density at radius 1 is 1.07 bits per heavy atom. The number of amides is 1. The molecule has 2 aromatic carbocycles. The lowest BCUT2D eigenvalue weighted by molar-refractivity contribution is -0.126. The summed E-state index contributed by atoms with van der Waals surface area (Å²) in [4.78, 5) is 12.5. The third-order valence-corrected chi connectivity index (χ3v) is 6.78. The van der Waals surface area contributed by atoms with E-state index in [1.54, 1.807) is 24.3 Å². The SMILES string of the molecule is O=C(NCCc1ccc(F)cc1)[C@@H]1CCCN(S(=O)(=O)Cc2ccccc2)C1. The van der Waals surface area contributed by atoms with Crippen molar-refractivity contribution in [3.05, 3.63) is 71.5 Å². The Labute approximate surface area is 165 Å². The first-order valence-electron chi connectivity index (χ1n) is 9.48. The number of carbonyl (C=O) groups excluding carboxylic acids is 1. The number of hydrogen-bond donors (Lipinski definition) is 1. The highest BCUT2D eigenvalue weighted by atomic mass is 32.2. The molecule has 0 aromatic heterocycles. The maximum Gasteiger partial charge on any atom is 0.224 e. The zero-order valence-electron chi connectivity index (χ0n) is 15.7. The van der Waals surface area contributed by atoms with Gasteiger partial charge in [0, 0.05) is 19.6 Å². The molecule has 1 heterocycles. The molecule has 2 aromatic rings. The summed E-state index contributed by atoms with van der Waals surface area (Å²) < 4.78 is 39.8. The normalized spacial score (nSPS) is 18.0. The standard InChI is InChI=1S/C21H25FN2O3S/c22-20-10-8-17(9-11-20)12-13-23-21(25)19-7-4-14-24(15-19)28(26,27)16-18-5-2-1-3-6-18/h1-3,5-6,8-11,19H,4,7,12-16H2,(H,23,25)/t19-/m1/s1. The van der Waals surface area contributed by atoms with E-state index in [1.807, 2.05) is 18.2 Å². The van der Waals surface area contributed by atoms with Crippen molar-refractivity contribution in [2.75, 3.05) is 19.6 Å². The third-order valence-electron chi connectivity index (χ3n) is 4.97. The lowest BCUT2D eigenvalue weighted by atomic mass is 9.99. The fourth-order valence-electron chi connectivity index (χ4n) is 3.41. The molecule has 0 unspecified atom stereocenters. The maximum atomic E-state index is 12.9. The lowest BCUT2D eigenvalue weighted by Crippen LogP contribution is -2.46. The van der Waals surface area contributed by atoms with Crippen LogP contribution in [0.3, 0.4) is 0 Å². The van der Waals surface area contributed by atoms with E-state index < -0.39 is 10.0 Å². The number of rotatable bonds is 7. The minimum absolute atomic E-state index is 0.0489. The Balaban J connectivity index is 1.52. The van der Waals surface area contributed by atoms with Crippen LogP contribution in [-0.2, 0) is 27.0 Å². The molecule has 0 radical (unpaired) electrons. The molecule has 3 rings (SSSR count). The number of benzene rings is 2. The Kier molecular flexibility index (Phi) is 6.80. The average Bonchev–Trinajstić information content (AvgIpc) is 2.70. The summed E-state index contributed by atoms with van der Waals surface area (Å²) in [6.45, 7) is 1.11. The first kappa shape index (κ1) is 20.5. The van der Waals surface area contributed by atoms with Crippen LogP contribution >= 0.6 is 0 Å². The molecule has 150 valence electrons. The predicted molar refractivity (Wildman–Crippen MR) is 106 cm³/mol. The monoisotopic (exact) mass is 404 g/mol. The van der Waals surface area contributed by atoms with Crippen molar-refractivity contribution in [1.29, 1.82) is 0 Å². The molecule has 1 atom stereocenters. The van der Waals surface area contributed by atoms with Gasteiger partial charge in [0.2, 0.25) is 15.9 Å². The Morgan fingerprint density at radius 2 is 1.79 bits per heavy atom. The summed E-state index contributed by atoms with van der Waals surface area (Å²) in [5.41, 5.74) is 1.69. The molecule has 5 nitrogen and oxygen atoms in total. The van der Waals surface area contributed by atoms with Crippen molar-refractivity contribution < 1.29 is 17.6 Å². The summed E-state index contributed by atoms with van der Waals surface area (Å²) >= 11 is 0. The largest absolute Gasteiger partial charge is 0.355 e. The quantitative estimate of drug-likeness (QED) is 0.772. The van der Waals surface area contributed by atoms with Crippen LogP contribution in [0.15, 0.2) is 54.6 Å². The highest BCUT2D eigenvalue weighted by Crippen LogP contribution is 2.21. The molecule has 0 bridgehead atoms. The van der Waals surface area contributed by atoms with Crippen molar-refractivity contribution in [2.24, 2.45) is 5.92 Å². The van der Waals surface area contributed by atoms with Crippen LogP contribution in [0.1, 0.15) is 24.0 Å². The van der Waals surface area contributed by atoms with E-state index in [4.69, 9.17) is 0 Å². The zero-order valence-corrected chi connectivity index (χ0v) is 16.5. The number of piperidine rings is 1. The van der Waals surface area contributed by atoms with Gasteiger partial charge in [0.05, 0.1) is 11.7 Å². The van der Waals surface area contributed by atoms with Gasteiger partial charge in [0.25, 0.3) is 0 Å². The molecule has 1 aliphatic rings. The van der Waals surface area contributed by atoms with Gasteiger partial charge >= 0.3 is 0 Å². The van der Waals surface area contributed by atoms with Crippen molar-refractivity contribution in [1.82, 2.24) is 9.62 Å². The Bertz CT molecular complexity index is 886. The summed E-state index contributed by atoms with van der Waals surface area (Å²) in [5.74, 6) is -0.798. The van der Waals surface area contributed by atoms with E-state index in [2.05, 4.69) is 5.32 Å². The van der Waals surface area contributed by atoms with Crippen molar-refractivity contribution in [3.8, 4) is 0 Å². The molecule has 0 saturated carbocycles. The second kappa shape index (κ2) is 9.30. The Hall–Kier alpha value is -2.25. The van der Waals surface area contributed by atoms with Gasteiger partial charge in [-0.3, -0.25) is 4.79 Å². The average molecular weight is 405 g/mol. The molecular formula is C21H25FN2O3S. The highest BCUT2D eigenvalue weighted by Gasteiger charge is 2.32. The van der Waals surface area contributed by atoms with Crippen molar-refractivity contribution in [2.45, 2.75) is 25.0 Å². The summed E-state index contributed by atoms with van der Waals surface area (Å²) in [6.07, 6.45) is 1.96. The van der Waals surface area contributed by atoms with Crippen molar-refractivity contribution in [3.63, 3.8) is 0 Å². The van der Waals surface area contributed by atoms with E-state index in [9.17, 15) is 17.6 Å². The fourth-order valence-corrected chi connectivity index (χ4v) is 5.02. The number of hydrogen-bond acceptors (Lipinski definition) is 3. The van der Waals surface area contributed by atoms with Gasteiger partial charge in [-0.15, -0.1) is 0 Å². The molecule has 1 saturated heterocycles. The van der Waals surface area contributed by atoms with Gasteiger partial charge in [-0.2, -0.15) is 0 Å². The lowest BCUT2D eigenvalue weighted by Gasteiger charge is -2.31. The van der Waals surface area contributed by atoms with E-state index in [-0.39, 0.29) is 29.9 Å². The van der Waals surface area contributed by atoms with Crippen LogP contribution in [-0.4, -0.2) is 38.3 Å². The molecule has 1 N–H and O–H groups in total. The Morgan fingerprint density at radius 3 is 2.50 bits per heavy atom. The number of sulfonamides is 1. The van der Waals surface area contributed by atoms with Gasteiger partial charge in [-0.25, -0.2) is 17.1 Å². The highest BCUT2D eigenvalue weighted by molar-refractivity contribution is 7.88. The summed E-state index contributed by atoms with van der Waals surface area (Å²) in [5, 5.41) is 2.88. The van der Waals surface area contributed by atoms with Gasteiger partial charge in [0.1, 0.15) is 5.82 Å². The first-order valence-corrected chi connectivity index (χ1v) is 11.1. The van der Waals surface area contributed by atoms with Crippen LogP contribution < -0.4 is 5.32 Å². The molecule has 1 aliphatic heterocycles. The molecular weight excluding hydrogens is 379 g/mol. The minimum Gasteiger partial charge on any atom is -0.355 e. The number of nitrogens with zero attached hydrogens (tertiary/aromatic N) is 1. The van der Waals surface area contributed by atoms with E-state index in [0.29, 0.717) is 32.4 Å². The van der Waals surface area contributed by atoms with Gasteiger partial charge in [-0.1, -0.05) is 42.5 Å². The fraction of sp³-hybridized carbons (Fsp3) is 0.381. The zero-order chi connectivity index (χ0) is 20.0. The third kappa shape index (κ3) is 5.62. The van der Waals surface area contributed by atoms with Gasteiger partial charge < -0.3 is 5.32 Å². The van der Waals surface area contributed by atoms with E-state index in [0.717, 1.165) is 11.1 Å². The molecule has 1 amide bonds. The van der Waals surface area contributed by atoms with E-state index >= 15 is 0 Å². The second-order valence-electron chi connectivity index (χ2n) is 7.11. The molecule has 28 heavy (non-hydrogen) atoms. The number of carbonyl (C=O) groups is 1. The number of halogens is 1. The molecule has 0 aliphatic carbocycles. The molecule has 7 heteroatoms. The molecule has 0 spiro atoms. The van der Waals surface area contributed by atoms with Crippen LogP contribution in [0.4, 0.5) is 4.39 Å². The van der Waals surface area contributed by atoms with Gasteiger partial charge in [0.15, 0.2) is 0 Å². The maximum absolute atomic E-state index is 12.9. The first-order chi connectivity index (χ1) is 13.4. The van der Waals surface area contributed by atoms with Crippen molar-refractivity contribution >= 4 is 15.9 Å². The smallest absolute Gasteiger partial charge is 0.224 e. The van der Waals surface area contributed by atoms with Crippen LogP contribution in [0.25, 0.3) is 0 Å². The van der Waals surface area contributed by atoms with Crippen LogP contribution in [0, 0.1) is 11.7 Å². The minimum atomic E-state index is -3.45. The summed E-state index contributed by atoms with van der Waals surface area (Å²) in [6, 6.07) is 15.3. The predicted octanol–water partition coefficient (Wildman–Crippen LogP) is 2.73. The van der Waals surface area contributed by atoms with Gasteiger partial charge in [-0.05, 0) is 42.5 Å². The summed E-state index contributed by atoms with van der Waals surface area (Å²) in [7, 11) is -3.45. The van der Waals surface area contributed by atoms with Crippen LogP contribution in [0.5, 0.6) is 0 Å². The second-order valence-corrected chi connectivity index (χ2v) is 9.08. The van der Waals surface area contributed by atoms with Crippen LogP contribution in [0.2, 0.25) is 0 Å². The number of nitrogens with one attached hydrogen (secondary N) is 1. The molecule has 1 fully saturated rings.